The van der Waals surface area contributed by atoms with Crippen molar-refractivity contribution in [2.45, 2.75) is 44.8 Å². The predicted octanol–water partition coefficient (Wildman–Crippen LogP) is 2.95. The third-order valence-corrected chi connectivity index (χ3v) is 3.75. The first kappa shape index (κ1) is 17.1. The van der Waals surface area contributed by atoms with E-state index in [1.165, 1.54) is 0 Å². The summed E-state index contributed by atoms with van der Waals surface area (Å²) in [6, 6.07) is 5.36. The molecular formula is C16H23ClN2O3. The average Bonchev–Trinajstić information content (AvgIpc) is 2.78. The monoisotopic (exact) mass is 326 g/mol. The number of hydrogen-bond donors (Lipinski definition) is 3. The van der Waals surface area contributed by atoms with E-state index in [1.807, 2.05) is 6.07 Å². The summed E-state index contributed by atoms with van der Waals surface area (Å²) in [4.78, 5) is 11.8. The summed E-state index contributed by atoms with van der Waals surface area (Å²) in [5.41, 5.74) is 0.0974. The fraction of sp³-hybridized carbons (Fsp3) is 0.562. The summed E-state index contributed by atoms with van der Waals surface area (Å²) in [5.74, 6) is 0. The van der Waals surface area contributed by atoms with Gasteiger partial charge in [0.25, 0.3) is 0 Å². The van der Waals surface area contributed by atoms with E-state index in [2.05, 4.69) is 10.6 Å². The molecule has 1 aliphatic heterocycles. The molecule has 1 saturated heterocycles. The number of rotatable bonds is 3. The molecule has 2 rings (SSSR count). The Balaban J connectivity index is 2.08. The molecule has 1 aromatic rings. The number of carbonyl (C=O) groups excluding carboxylic acids is 1. The molecule has 1 heterocycles. The Morgan fingerprint density at radius 3 is 2.82 bits per heavy atom. The van der Waals surface area contributed by atoms with E-state index in [0.717, 1.165) is 12.1 Å². The van der Waals surface area contributed by atoms with Gasteiger partial charge in [-0.25, -0.2) is 4.79 Å². The smallest absolute Gasteiger partial charge is 0.412 e. The summed E-state index contributed by atoms with van der Waals surface area (Å²) in [6.07, 6.45) is 0.678. The third kappa shape index (κ3) is 4.87. The third-order valence-electron chi connectivity index (χ3n) is 3.42. The molecule has 0 aromatic heterocycles. The van der Waals surface area contributed by atoms with Crippen LogP contribution >= 0.6 is 11.6 Å². The molecule has 1 atom stereocenters. The van der Waals surface area contributed by atoms with Crippen molar-refractivity contribution in [2.75, 3.05) is 18.4 Å². The van der Waals surface area contributed by atoms with Gasteiger partial charge in [0.15, 0.2) is 0 Å². The highest BCUT2D eigenvalue weighted by Gasteiger charge is 2.31. The molecule has 1 amide bonds. The quantitative estimate of drug-likeness (QED) is 0.798. The molecule has 0 aliphatic carbocycles. The highest BCUT2D eigenvalue weighted by atomic mass is 35.5. The van der Waals surface area contributed by atoms with Gasteiger partial charge in [-0.1, -0.05) is 17.7 Å². The van der Waals surface area contributed by atoms with Crippen LogP contribution in [-0.2, 0) is 11.2 Å². The molecule has 22 heavy (non-hydrogen) atoms. The fourth-order valence-electron chi connectivity index (χ4n) is 2.45. The van der Waals surface area contributed by atoms with Crippen LogP contribution in [0.4, 0.5) is 10.5 Å². The lowest BCUT2D eigenvalue weighted by molar-refractivity contribution is 0.0618. The van der Waals surface area contributed by atoms with Crippen molar-refractivity contribution in [3.8, 4) is 0 Å². The Morgan fingerprint density at radius 1 is 1.50 bits per heavy atom. The van der Waals surface area contributed by atoms with Crippen molar-refractivity contribution >= 4 is 23.4 Å². The van der Waals surface area contributed by atoms with Crippen molar-refractivity contribution in [1.82, 2.24) is 5.32 Å². The van der Waals surface area contributed by atoms with Gasteiger partial charge in [0.2, 0.25) is 0 Å². The van der Waals surface area contributed by atoms with Crippen molar-refractivity contribution in [2.24, 2.45) is 0 Å². The number of anilines is 1. The zero-order chi connectivity index (χ0) is 16.4. The molecule has 0 bridgehead atoms. The van der Waals surface area contributed by atoms with Gasteiger partial charge in [-0.3, -0.25) is 5.32 Å². The van der Waals surface area contributed by atoms with Crippen LogP contribution in [0.3, 0.4) is 0 Å². The molecular weight excluding hydrogens is 304 g/mol. The zero-order valence-electron chi connectivity index (χ0n) is 13.2. The summed E-state index contributed by atoms with van der Waals surface area (Å²) in [7, 11) is 0. The highest BCUT2D eigenvalue weighted by Crippen LogP contribution is 2.27. The van der Waals surface area contributed by atoms with Gasteiger partial charge in [-0.15, -0.1) is 0 Å². The van der Waals surface area contributed by atoms with E-state index in [9.17, 15) is 9.90 Å². The SMILES string of the molecule is CC(C)(C)OC(=O)Nc1cc(CC2(O)CCNC2)ccc1Cl. The number of ether oxygens (including phenoxy) is 1. The number of nitrogens with one attached hydrogen (secondary N) is 2. The van der Waals surface area contributed by atoms with Crippen LogP contribution in [0.2, 0.25) is 5.02 Å². The molecule has 0 radical (unpaired) electrons. The lowest BCUT2D eigenvalue weighted by Crippen LogP contribution is -2.33. The number of carbonyl (C=O) groups is 1. The van der Waals surface area contributed by atoms with Crippen LogP contribution in [0.15, 0.2) is 18.2 Å². The van der Waals surface area contributed by atoms with Gasteiger partial charge in [0.05, 0.1) is 16.3 Å². The Morgan fingerprint density at radius 2 is 2.23 bits per heavy atom. The summed E-state index contributed by atoms with van der Waals surface area (Å²) in [5, 5.41) is 16.7. The largest absolute Gasteiger partial charge is 0.444 e. The first-order valence-corrected chi connectivity index (χ1v) is 7.76. The van der Waals surface area contributed by atoms with Crippen molar-refractivity contribution in [3.05, 3.63) is 28.8 Å². The maximum atomic E-state index is 11.8. The summed E-state index contributed by atoms with van der Waals surface area (Å²) < 4.78 is 5.22. The minimum Gasteiger partial charge on any atom is -0.444 e. The second-order valence-electron chi connectivity index (χ2n) is 6.77. The summed E-state index contributed by atoms with van der Waals surface area (Å²) in [6.45, 7) is 6.78. The minimum atomic E-state index is -0.739. The van der Waals surface area contributed by atoms with E-state index in [-0.39, 0.29) is 0 Å². The molecule has 0 spiro atoms. The molecule has 3 N–H and O–H groups in total. The maximum Gasteiger partial charge on any atom is 0.412 e. The van der Waals surface area contributed by atoms with Gasteiger partial charge >= 0.3 is 6.09 Å². The van der Waals surface area contributed by atoms with E-state index < -0.39 is 17.3 Å². The number of amides is 1. The Bertz CT molecular complexity index is 549. The van der Waals surface area contributed by atoms with Crippen LogP contribution in [-0.4, -0.2) is 35.5 Å². The summed E-state index contributed by atoms with van der Waals surface area (Å²) >= 11 is 6.12. The maximum absolute atomic E-state index is 11.8. The van der Waals surface area contributed by atoms with Gasteiger partial charge in [0.1, 0.15) is 5.60 Å². The van der Waals surface area contributed by atoms with Gasteiger partial charge in [-0.2, -0.15) is 0 Å². The average molecular weight is 327 g/mol. The number of benzene rings is 1. The Kier molecular flexibility index (Phi) is 5.00. The Labute approximate surface area is 136 Å². The van der Waals surface area contributed by atoms with Gasteiger partial charge in [-0.05, 0) is 51.4 Å². The first-order chi connectivity index (χ1) is 10.2. The first-order valence-electron chi connectivity index (χ1n) is 7.38. The van der Waals surface area contributed by atoms with Crippen molar-refractivity contribution < 1.29 is 14.6 Å². The van der Waals surface area contributed by atoms with E-state index in [1.54, 1.807) is 32.9 Å². The lowest BCUT2D eigenvalue weighted by Gasteiger charge is -2.22. The van der Waals surface area contributed by atoms with Crippen LogP contribution in [0.25, 0.3) is 0 Å². The molecule has 1 fully saturated rings. The van der Waals surface area contributed by atoms with Crippen molar-refractivity contribution in [1.29, 1.82) is 0 Å². The standard InChI is InChI=1S/C16H23ClN2O3/c1-15(2,3)22-14(20)19-13-8-11(4-5-12(13)17)9-16(21)6-7-18-10-16/h4-5,8,18,21H,6-7,9-10H2,1-3H3,(H,19,20). The van der Waals surface area contributed by atoms with Crippen molar-refractivity contribution in [3.63, 3.8) is 0 Å². The molecule has 1 aromatic carbocycles. The number of hydrogen-bond acceptors (Lipinski definition) is 4. The van der Waals surface area contributed by atoms with Gasteiger partial charge in [0, 0.05) is 13.0 Å². The van der Waals surface area contributed by atoms with E-state index in [4.69, 9.17) is 16.3 Å². The molecule has 1 unspecified atom stereocenters. The molecule has 1 aliphatic rings. The highest BCUT2D eigenvalue weighted by molar-refractivity contribution is 6.33. The van der Waals surface area contributed by atoms with Crippen LogP contribution in [0.1, 0.15) is 32.8 Å². The number of halogens is 1. The van der Waals surface area contributed by atoms with Crippen LogP contribution < -0.4 is 10.6 Å². The topological polar surface area (TPSA) is 70.6 Å². The lowest BCUT2D eigenvalue weighted by atomic mass is 9.93. The predicted molar refractivity (Wildman–Crippen MR) is 87.4 cm³/mol. The van der Waals surface area contributed by atoms with E-state index in [0.29, 0.717) is 30.1 Å². The Hall–Kier alpha value is -1.30. The van der Waals surface area contributed by atoms with Crippen LogP contribution in [0.5, 0.6) is 0 Å². The molecule has 6 heteroatoms. The second-order valence-corrected chi connectivity index (χ2v) is 7.18. The van der Waals surface area contributed by atoms with E-state index >= 15 is 0 Å². The number of aliphatic hydroxyl groups is 1. The van der Waals surface area contributed by atoms with Crippen LogP contribution in [0, 0.1) is 0 Å². The molecule has 0 saturated carbocycles. The minimum absolute atomic E-state index is 0.436. The second kappa shape index (κ2) is 6.44. The van der Waals surface area contributed by atoms with Gasteiger partial charge < -0.3 is 15.2 Å². The normalized spacial score (nSPS) is 21.7. The fourth-order valence-corrected chi connectivity index (χ4v) is 2.62. The molecule has 122 valence electrons. The zero-order valence-corrected chi connectivity index (χ0v) is 14.0. The number of β-amino-alcohol motifs (C(OH)–C–C–N with tert-alkyl or cyclic N) is 1. The molecule has 5 nitrogen and oxygen atoms in total.